The van der Waals surface area contributed by atoms with Crippen LogP contribution in [0.2, 0.25) is 0 Å². The summed E-state index contributed by atoms with van der Waals surface area (Å²) in [6, 6.07) is 4.35. The van der Waals surface area contributed by atoms with Gasteiger partial charge in [0.05, 0.1) is 19.3 Å². The van der Waals surface area contributed by atoms with Crippen LogP contribution >= 0.6 is 0 Å². The molecular weight excluding hydrogens is 340 g/mol. The average Bonchev–Trinajstić information content (AvgIpc) is 3.45. The Morgan fingerprint density at radius 2 is 1.96 bits per heavy atom. The van der Waals surface area contributed by atoms with Crippen LogP contribution in [-0.4, -0.2) is 50.0 Å². The average molecular weight is 375 g/mol. The van der Waals surface area contributed by atoms with Gasteiger partial charge in [-0.3, -0.25) is 4.79 Å². The summed E-state index contributed by atoms with van der Waals surface area (Å²) < 4.78 is 5.46. The first kappa shape index (κ1) is 20.2. The fraction of sp³-hybridized carbons (Fsp3) is 0.682. The molecule has 0 bridgehead atoms. The zero-order valence-electron chi connectivity index (χ0n) is 17.2. The highest BCUT2D eigenvalue weighted by molar-refractivity contribution is 5.98. The van der Waals surface area contributed by atoms with Crippen LogP contribution in [0.1, 0.15) is 67.4 Å². The Kier molecular flexibility index (Phi) is 6.11. The van der Waals surface area contributed by atoms with E-state index in [2.05, 4.69) is 22.3 Å². The van der Waals surface area contributed by atoms with E-state index >= 15 is 0 Å². The van der Waals surface area contributed by atoms with Crippen molar-refractivity contribution >= 4 is 11.6 Å². The van der Waals surface area contributed by atoms with Gasteiger partial charge in [-0.25, -0.2) is 0 Å². The van der Waals surface area contributed by atoms with Crippen molar-refractivity contribution in [2.45, 2.75) is 59.0 Å². The van der Waals surface area contributed by atoms with E-state index < -0.39 is 6.10 Å². The number of benzene rings is 1. The summed E-state index contributed by atoms with van der Waals surface area (Å²) in [4.78, 5) is 15.3. The standard InChI is InChI=1S/C22H34N2O3/c1-15-13-17(24-9-11-27-12-10-24)14-18(16-5-6-16)20(15)21(26)23-8-7-19(25)22(2,3)4/h13-14,16,19,25H,5-12H2,1-4H3,(H,23,26)/t19-/m0/s1. The van der Waals surface area contributed by atoms with Gasteiger partial charge in [0.15, 0.2) is 0 Å². The number of aliphatic hydroxyl groups excluding tert-OH is 1. The lowest BCUT2D eigenvalue weighted by Gasteiger charge is -2.30. The number of aliphatic hydroxyl groups is 1. The second-order valence-corrected chi connectivity index (χ2v) is 9.03. The third-order valence-corrected chi connectivity index (χ3v) is 5.67. The smallest absolute Gasteiger partial charge is 0.251 e. The summed E-state index contributed by atoms with van der Waals surface area (Å²) in [5.41, 5.74) is 4.09. The molecule has 0 spiro atoms. The molecule has 1 heterocycles. The SMILES string of the molecule is Cc1cc(N2CCOCC2)cc(C2CC2)c1C(=O)NCC[C@H](O)C(C)(C)C. The first-order valence-corrected chi connectivity index (χ1v) is 10.2. The maximum Gasteiger partial charge on any atom is 0.251 e. The molecular formula is C22H34N2O3. The molecule has 5 nitrogen and oxygen atoms in total. The predicted molar refractivity (Wildman–Crippen MR) is 109 cm³/mol. The second kappa shape index (κ2) is 8.19. The third kappa shape index (κ3) is 5.02. The molecule has 2 fully saturated rings. The van der Waals surface area contributed by atoms with E-state index in [4.69, 9.17) is 4.74 Å². The molecule has 1 amide bonds. The molecule has 1 aliphatic carbocycles. The first-order valence-electron chi connectivity index (χ1n) is 10.2. The minimum absolute atomic E-state index is 0.0102. The van der Waals surface area contributed by atoms with Crippen molar-refractivity contribution in [3.63, 3.8) is 0 Å². The summed E-state index contributed by atoms with van der Waals surface area (Å²) in [5.74, 6) is 0.495. The molecule has 1 saturated carbocycles. The molecule has 1 aromatic carbocycles. The van der Waals surface area contributed by atoms with Gasteiger partial charge < -0.3 is 20.1 Å². The molecule has 1 atom stereocenters. The second-order valence-electron chi connectivity index (χ2n) is 9.03. The zero-order chi connectivity index (χ0) is 19.6. The minimum Gasteiger partial charge on any atom is -0.393 e. The number of nitrogens with zero attached hydrogens (tertiary/aromatic N) is 1. The Labute approximate surface area is 163 Å². The van der Waals surface area contributed by atoms with Crippen LogP contribution in [0.3, 0.4) is 0 Å². The summed E-state index contributed by atoms with van der Waals surface area (Å²) in [5, 5.41) is 13.2. The summed E-state index contributed by atoms with van der Waals surface area (Å²) in [7, 11) is 0. The predicted octanol–water partition coefficient (Wildman–Crippen LogP) is 3.24. The van der Waals surface area contributed by atoms with Gasteiger partial charge in [-0.15, -0.1) is 0 Å². The Bertz CT molecular complexity index is 671. The lowest BCUT2D eigenvalue weighted by Crippen LogP contribution is -2.36. The van der Waals surface area contributed by atoms with Crippen molar-refractivity contribution in [2.24, 2.45) is 5.41 Å². The molecule has 1 saturated heterocycles. The number of hydrogen-bond donors (Lipinski definition) is 2. The fourth-order valence-corrected chi connectivity index (χ4v) is 3.67. The molecule has 1 aromatic rings. The van der Waals surface area contributed by atoms with Crippen LogP contribution in [0.5, 0.6) is 0 Å². The van der Waals surface area contributed by atoms with E-state index in [0.717, 1.165) is 50.3 Å². The third-order valence-electron chi connectivity index (χ3n) is 5.67. The maximum atomic E-state index is 12.9. The number of nitrogens with one attached hydrogen (secondary N) is 1. The number of carbonyl (C=O) groups excluding carboxylic acids is 1. The number of aryl methyl sites for hydroxylation is 1. The number of rotatable bonds is 6. The van der Waals surface area contributed by atoms with Gasteiger partial charge >= 0.3 is 0 Å². The van der Waals surface area contributed by atoms with Crippen LogP contribution in [0.4, 0.5) is 5.69 Å². The van der Waals surface area contributed by atoms with Gasteiger partial charge in [-0.1, -0.05) is 20.8 Å². The highest BCUT2D eigenvalue weighted by Crippen LogP contribution is 2.44. The van der Waals surface area contributed by atoms with Crippen LogP contribution in [0.25, 0.3) is 0 Å². The number of hydrogen-bond acceptors (Lipinski definition) is 4. The van der Waals surface area contributed by atoms with Gasteiger partial charge in [0.25, 0.3) is 5.91 Å². The van der Waals surface area contributed by atoms with E-state index in [9.17, 15) is 9.90 Å². The summed E-state index contributed by atoms with van der Waals surface area (Å²) in [6.45, 7) is 11.9. The summed E-state index contributed by atoms with van der Waals surface area (Å²) in [6.07, 6.45) is 2.47. The molecule has 0 radical (unpaired) electrons. The van der Waals surface area contributed by atoms with E-state index in [0.29, 0.717) is 18.9 Å². The highest BCUT2D eigenvalue weighted by atomic mass is 16.5. The number of carbonyl (C=O) groups is 1. The van der Waals surface area contributed by atoms with Crippen molar-refractivity contribution < 1.29 is 14.6 Å². The Morgan fingerprint density at radius 3 is 2.56 bits per heavy atom. The Hall–Kier alpha value is -1.59. The van der Waals surface area contributed by atoms with Crippen molar-refractivity contribution in [1.82, 2.24) is 5.32 Å². The van der Waals surface area contributed by atoms with Gasteiger partial charge in [0.2, 0.25) is 0 Å². The van der Waals surface area contributed by atoms with Crippen molar-refractivity contribution in [1.29, 1.82) is 0 Å². The van der Waals surface area contributed by atoms with E-state index in [1.165, 1.54) is 11.3 Å². The molecule has 150 valence electrons. The zero-order valence-corrected chi connectivity index (χ0v) is 17.2. The summed E-state index contributed by atoms with van der Waals surface area (Å²) >= 11 is 0. The molecule has 1 aliphatic heterocycles. The molecule has 5 heteroatoms. The topological polar surface area (TPSA) is 61.8 Å². The first-order chi connectivity index (χ1) is 12.8. The van der Waals surface area contributed by atoms with Gasteiger partial charge in [0, 0.05) is 30.9 Å². The molecule has 0 unspecified atom stereocenters. The monoisotopic (exact) mass is 374 g/mol. The fourth-order valence-electron chi connectivity index (χ4n) is 3.67. The van der Waals surface area contributed by atoms with Crippen LogP contribution < -0.4 is 10.2 Å². The number of ether oxygens (including phenoxy) is 1. The largest absolute Gasteiger partial charge is 0.393 e. The van der Waals surface area contributed by atoms with Gasteiger partial charge in [0.1, 0.15) is 0 Å². The Morgan fingerprint density at radius 1 is 1.30 bits per heavy atom. The van der Waals surface area contributed by atoms with Crippen molar-refractivity contribution in [2.75, 3.05) is 37.7 Å². The molecule has 2 N–H and O–H groups in total. The highest BCUT2D eigenvalue weighted by Gasteiger charge is 2.30. The van der Waals surface area contributed by atoms with E-state index in [1.54, 1.807) is 0 Å². The number of morpholine rings is 1. The number of amides is 1. The lowest BCUT2D eigenvalue weighted by molar-refractivity contribution is 0.0551. The molecule has 27 heavy (non-hydrogen) atoms. The minimum atomic E-state index is -0.425. The Balaban J connectivity index is 1.73. The maximum absolute atomic E-state index is 12.9. The van der Waals surface area contributed by atoms with E-state index in [1.807, 2.05) is 27.7 Å². The lowest BCUT2D eigenvalue weighted by atomic mass is 9.87. The van der Waals surface area contributed by atoms with Gasteiger partial charge in [-0.2, -0.15) is 0 Å². The van der Waals surface area contributed by atoms with Crippen LogP contribution in [0.15, 0.2) is 12.1 Å². The van der Waals surface area contributed by atoms with Gasteiger partial charge in [-0.05, 0) is 60.8 Å². The molecule has 3 rings (SSSR count). The molecule has 0 aromatic heterocycles. The van der Waals surface area contributed by atoms with E-state index in [-0.39, 0.29) is 11.3 Å². The number of anilines is 1. The molecule has 2 aliphatic rings. The van der Waals surface area contributed by atoms with Crippen molar-refractivity contribution in [3.8, 4) is 0 Å². The van der Waals surface area contributed by atoms with Crippen molar-refractivity contribution in [3.05, 3.63) is 28.8 Å². The normalized spacial score (nSPS) is 19.1. The quantitative estimate of drug-likeness (QED) is 0.802. The van der Waals surface area contributed by atoms with Crippen LogP contribution in [0, 0.1) is 12.3 Å². The van der Waals surface area contributed by atoms with Crippen LogP contribution in [-0.2, 0) is 4.74 Å².